The van der Waals surface area contributed by atoms with E-state index in [0.29, 0.717) is 61.0 Å². The maximum atomic E-state index is 14.2. The number of fused-ring (bicyclic) bond motifs is 2. The highest BCUT2D eigenvalue weighted by Gasteiger charge is 2.23. The second-order valence-corrected chi connectivity index (χ2v) is 11.7. The van der Waals surface area contributed by atoms with Crippen LogP contribution in [0.1, 0.15) is 35.1 Å². The number of methoxy groups -OCH3 is 3. The molecule has 0 bridgehead atoms. The molecular formula is C38H38Cl2F2N4O6. The van der Waals surface area contributed by atoms with Crippen LogP contribution >= 0.6 is 23.2 Å². The van der Waals surface area contributed by atoms with Gasteiger partial charge in [-0.1, -0.05) is 59.6 Å². The van der Waals surface area contributed by atoms with Gasteiger partial charge in [-0.25, -0.2) is 13.8 Å². The zero-order chi connectivity index (χ0) is 37.6. The number of amides is 1. The molecule has 0 aliphatic carbocycles. The quantitative estimate of drug-likeness (QED) is 0.220. The number of benzodiazepines with no additional fused rings is 1. The van der Waals surface area contributed by atoms with Crippen LogP contribution in [0.15, 0.2) is 87.8 Å². The average Bonchev–Trinajstić information content (AvgIpc) is 3.65. The predicted octanol–water partition coefficient (Wildman–Crippen LogP) is 7.70. The van der Waals surface area contributed by atoms with Gasteiger partial charge in [0.2, 0.25) is 11.8 Å². The second kappa shape index (κ2) is 19.7. The van der Waals surface area contributed by atoms with Gasteiger partial charge in [0.05, 0.1) is 44.1 Å². The topological polar surface area (TPSA) is 123 Å². The lowest BCUT2D eigenvalue weighted by Gasteiger charge is -2.13. The molecule has 3 aliphatic rings. The molecule has 0 spiro atoms. The molecule has 0 aromatic heterocycles. The molecule has 52 heavy (non-hydrogen) atoms. The Hall–Kier alpha value is -4.88. The molecule has 0 saturated carbocycles. The molecule has 1 fully saturated rings. The Morgan fingerprint density at radius 2 is 1.23 bits per heavy atom. The van der Waals surface area contributed by atoms with Crippen molar-refractivity contribution in [1.82, 2.24) is 0 Å². The van der Waals surface area contributed by atoms with Gasteiger partial charge in [0.1, 0.15) is 13.1 Å². The number of nitrogens with zero attached hydrogens (tertiary/aromatic N) is 3. The third kappa shape index (κ3) is 9.91. The maximum Gasteiger partial charge on any atom is 0.246 e. The number of carbonyl (C=O) groups is 1. The van der Waals surface area contributed by atoms with Crippen LogP contribution in [0.2, 0.25) is 10.0 Å². The lowest BCUT2D eigenvalue weighted by molar-refractivity contribution is -0.114. The SMILES string of the molecule is C1CCOC1.CO.COC1=Nc2cc(OC)c(F)cc2C(c2ccccc2Cl)=NC1.COc1cc2c(cc1F)C(c1ccccc1Cl)=NCC(=O)N2. The molecule has 0 radical (unpaired) electrons. The minimum atomic E-state index is -0.530. The summed E-state index contributed by atoms with van der Waals surface area (Å²) in [5.74, 6) is -0.694. The molecule has 0 unspecified atom stereocenters. The number of hydrogen-bond acceptors (Lipinski definition) is 9. The first-order chi connectivity index (χ1) is 25.2. The van der Waals surface area contributed by atoms with Crippen LogP contribution < -0.4 is 14.8 Å². The van der Waals surface area contributed by atoms with Crippen LogP contribution in [-0.2, 0) is 14.3 Å². The van der Waals surface area contributed by atoms with Crippen LogP contribution in [-0.4, -0.2) is 83.1 Å². The molecule has 0 atom stereocenters. The minimum absolute atomic E-state index is 0.0551. The number of nitrogens with one attached hydrogen (secondary N) is 1. The van der Waals surface area contributed by atoms with Gasteiger partial charge in [0, 0.05) is 64.8 Å². The van der Waals surface area contributed by atoms with Crippen molar-refractivity contribution in [2.45, 2.75) is 12.8 Å². The summed E-state index contributed by atoms with van der Waals surface area (Å²) in [6, 6.07) is 20.0. The number of aliphatic hydroxyl groups is 1. The first-order valence-corrected chi connectivity index (χ1v) is 16.8. The van der Waals surface area contributed by atoms with E-state index in [1.165, 1.54) is 58.4 Å². The van der Waals surface area contributed by atoms with E-state index in [-0.39, 0.29) is 30.5 Å². The Labute approximate surface area is 310 Å². The molecule has 10 nitrogen and oxygen atoms in total. The fourth-order valence-electron chi connectivity index (χ4n) is 5.21. The van der Waals surface area contributed by atoms with E-state index in [2.05, 4.69) is 20.3 Å². The summed E-state index contributed by atoms with van der Waals surface area (Å²) in [7, 11) is 5.30. The van der Waals surface area contributed by atoms with Gasteiger partial charge in [-0.15, -0.1) is 0 Å². The van der Waals surface area contributed by atoms with Crippen LogP contribution in [0.4, 0.5) is 20.2 Å². The smallest absolute Gasteiger partial charge is 0.246 e. The van der Waals surface area contributed by atoms with E-state index in [1.807, 2.05) is 24.3 Å². The Morgan fingerprint density at radius 3 is 1.75 bits per heavy atom. The number of aliphatic imine (C=N–C) groups is 3. The van der Waals surface area contributed by atoms with Crippen molar-refractivity contribution in [2.75, 3.05) is 60.1 Å². The van der Waals surface area contributed by atoms with Gasteiger partial charge in [-0.3, -0.25) is 14.8 Å². The van der Waals surface area contributed by atoms with E-state index >= 15 is 0 Å². The third-order valence-electron chi connectivity index (χ3n) is 7.67. The lowest BCUT2D eigenvalue weighted by atomic mass is 10.00. The maximum absolute atomic E-state index is 14.2. The Balaban J connectivity index is 0.000000197. The molecule has 14 heteroatoms. The molecule has 4 aromatic rings. The number of carbonyl (C=O) groups excluding carboxylic acids is 1. The molecule has 3 aliphatic heterocycles. The number of halogens is 4. The molecular weight excluding hydrogens is 717 g/mol. The highest BCUT2D eigenvalue weighted by molar-refractivity contribution is 6.36. The van der Waals surface area contributed by atoms with E-state index in [1.54, 1.807) is 24.3 Å². The largest absolute Gasteiger partial charge is 0.494 e. The number of hydrogen-bond donors (Lipinski definition) is 2. The Morgan fingerprint density at radius 1 is 0.712 bits per heavy atom. The van der Waals surface area contributed by atoms with Gasteiger partial charge in [-0.05, 0) is 37.1 Å². The van der Waals surface area contributed by atoms with Crippen LogP contribution in [0, 0.1) is 11.6 Å². The number of aliphatic hydroxyl groups excluding tert-OH is 1. The van der Waals surface area contributed by atoms with Crippen LogP contribution in [0.3, 0.4) is 0 Å². The number of rotatable bonds is 4. The van der Waals surface area contributed by atoms with E-state index < -0.39 is 11.6 Å². The van der Waals surface area contributed by atoms with Crippen molar-refractivity contribution >= 4 is 57.8 Å². The summed E-state index contributed by atoms with van der Waals surface area (Å²) in [4.78, 5) is 25.0. The number of benzene rings is 4. The van der Waals surface area contributed by atoms with Gasteiger partial charge >= 0.3 is 0 Å². The van der Waals surface area contributed by atoms with Crippen molar-refractivity contribution < 1.29 is 37.6 Å². The minimum Gasteiger partial charge on any atom is -0.494 e. The van der Waals surface area contributed by atoms with Gasteiger partial charge < -0.3 is 29.4 Å². The Kier molecular flexibility index (Phi) is 15.1. The molecule has 274 valence electrons. The predicted molar refractivity (Wildman–Crippen MR) is 201 cm³/mol. The second-order valence-electron chi connectivity index (χ2n) is 10.9. The van der Waals surface area contributed by atoms with Crippen LogP contribution in [0.5, 0.6) is 11.5 Å². The number of anilines is 1. The third-order valence-corrected chi connectivity index (χ3v) is 8.32. The lowest BCUT2D eigenvalue weighted by Crippen LogP contribution is -2.13. The molecule has 7 rings (SSSR count). The van der Waals surface area contributed by atoms with Crippen molar-refractivity contribution in [1.29, 1.82) is 0 Å². The summed E-state index contributed by atoms with van der Waals surface area (Å²) in [5, 5.41) is 10.7. The van der Waals surface area contributed by atoms with E-state index in [9.17, 15) is 13.6 Å². The van der Waals surface area contributed by atoms with Gasteiger partial charge in [0.25, 0.3) is 0 Å². The summed E-state index contributed by atoms with van der Waals surface area (Å²) in [6.07, 6.45) is 2.56. The molecule has 2 N–H and O–H groups in total. The summed E-state index contributed by atoms with van der Waals surface area (Å²) in [5.41, 5.74) is 4.39. The summed E-state index contributed by atoms with van der Waals surface area (Å²) in [6.45, 7) is 2.19. The highest BCUT2D eigenvalue weighted by Crippen LogP contribution is 2.34. The highest BCUT2D eigenvalue weighted by atomic mass is 35.5. The van der Waals surface area contributed by atoms with Gasteiger partial charge in [0.15, 0.2) is 23.1 Å². The molecule has 4 aromatic carbocycles. The van der Waals surface area contributed by atoms with Crippen molar-refractivity contribution in [3.8, 4) is 11.5 Å². The summed E-state index contributed by atoms with van der Waals surface area (Å²) >= 11 is 12.5. The fourth-order valence-corrected chi connectivity index (χ4v) is 5.66. The van der Waals surface area contributed by atoms with Crippen LogP contribution in [0.25, 0.3) is 0 Å². The van der Waals surface area contributed by atoms with Crippen molar-refractivity contribution in [3.63, 3.8) is 0 Å². The average molecular weight is 756 g/mol. The first kappa shape index (κ1) is 39.9. The van der Waals surface area contributed by atoms with Crippen molar-refractivity contribution in [2.24, 2.45) is 15.0 Å². The first-order valence-electron chi connectivity index (χ1n) is 16.0. The molecule has 1 amide bonds. The summed E-state index contributed by atoms with van der Waals surface area (Å²) < 4.78 is 48.4. The zero-order valence-electron chi connectivity index (χ0n) is 29.0. The fraction of sp³-hybridized carbons (Fsp3) is 0.263. The van der Waals surface area contributed by atoms with E-state index in [4.69, 9.17) is 47.3 Å². The normalized spacial score (nSPS) is 14.2. The molecule has 1 saturated heterocycles. The monoisotopic (exact) mass is 754 g/mol. The zero-order valence-corrected chi connectivity index (χ0v) is 30.5. The Bertz CT molecular complexity index is 1960. The standard InChI is InChI=1S/C17H14ClFN2O2.C16H12ClFN2O2.C4H8O.CH4O/c1-22-15-8-14-11(7-13(15)19)17(20-9-16(21-14)23-2)10-5-3-4-6-12(10)18;1-22-14-7-13-10(6-12(14)18)16(19-8-15(21)20-13)9-4-2-3-5-11(9)17;1-2-4-5-3-1;1-2/h3-8H,9H2,1-2H3;2-7H,8H2,1H3,(H,20,21);1-4H2;2H,1H3. The van der Waals surface area contributed by atoms with E-state index in [0.717, 1.165) is 20.3 Å². The molecule has 3 heterocycles. The van der Waals surface area contributed by atoms with Crippen molar-refractivity contribution in [3.05, 3.63) is 117 Å². The van der Waals surface area contributed by atoms with Gasteiger partial charge in [-0.2, -0.15) is 0 Å². The number of ether oxygens (including phenoxy) is 4.